The Labute approximate surface area is 242 Å². The third kappa shape index (κ3) is 7.36. The van der Waals surface area contributed by atoms with Gasteiger partial charge in [0, 0.05) is 30.1 Å². The van der Waals surface area contributed by atoms with Crippen molar-refractivity contribution in [1.82, 2.24) is 19.8 Å². The summed E-state index contributed by atoms with van der Waals surface area (Å²) in [4.78, 5) is 33.5. The number of aryl methyl sites for hydroxylation is 1. The first-order valence-electron chi connectivity index (χ1n) is 15.0. The van der Waals surface area contributed by atoms with E-state index in [1.807, 2.05) is 18.2 Å². The van der Waals surface area contributed by atoms with Crippen molar-refractivity contribution in [2.24, 2.45) is 0 Å². The Morgan fingerprint density at radius 3 is 2.25 bits per heavy atom. The molecule has 40 heavy (non-hydrogen) atoms. The monoisotopic (exact) mass is 564 g/mol. The van der Waals surface area contributed by atoms with Crippen LogP contribution in [-0.4, -0.2) is 51.5 Å². The van der Waals surface area contributed by atoms with Gasteiger partial charge >= 0.3 is 0 Å². The molecule has 1 aromatic heterocycles. The quantitative estimate of drug-likeness (QED) is 0.277. The Balaban J connectivity index is 1.21. The molecule has 2 fully saturated rings. The SMILES string of the molecule is O=C(COc1ccc(Cl)cc1)NCCCc1nc2ccccc2n1CC(=O)N(C1CCCCC1)C1CCCCC1. The van der Waals surface area contributed by atoms with Crippen molar-refractivity contribution in [3.63, 3.8) is 0 Å². The summed E-state index contributed by atoms with van der Waals surface area (Å²) < 4.78 is 7.65. The van der Waals surface area contributed by atoms with Crippen LogP contribution in [0.5, 0.6) is 5.75 Å². The minimum absolute atomic E-state index is 0.0488. The van der Waals surface area contributed by atoms with E-state index >= 15 is 0 Å². The standard InChI is InChI=1S/C32H41ClN4O3/c33-24-17-19-27(20-18-24)40-23-31(38)34-21-9-16-30-35-28-14-7-8-15-29(28)36(30)22-32(39)37(25-10-3-1-4-11-25)26-12-5-2-6-13-26/h7-8,14-15,17-20,25-26H,1-6,9-13,16,21-23H2,(H,34,38). The highest BCUT2D eigenvalue weighted by molar-refractivity contribution is 6.30. The molecule has 0 bridgehead atoms. The van der Waals surface area contributed by atoms with Gasteiger partial charge in [-0.25, -0.2) is 4.98 Å². The van der Waals surface area contributed by atoms with Crippen molar-refractivity contribution in [3.8, 4) is 5.75 Å². The highest BCUT2D eigenvalue weighted by Gasteiger charge is 2.33. The largest absolute Gasteiger partial charge is 0.484 e. The second kappa shape index (κ2) is 14.0. The molecule has 0 aliphatic heterocycles. The number of carbonyl (C=O) groups excluding carboxylic acids is 2. The molecule has 2 saturated carbocycles. The lowest BCUT2D eigenvalue weighted by atomic mass is 9.88. The summed E-state index contributed by atoms with van der Waals surface area (Å²) in [5.74, 6) is 1.56. The van der Waals surface area contributed by atoms with Crippen LogP contribution in [0.2, 0.25) is 5.02 Å². The predicted octanol–water partition coefficient (Wildman–Crippen LogP) is 6.31. The maximum Gasteiger partial charge on any atom is 0.257 e. The van der Waals surface area contributed by atoms with Crippen molar-refractivity contribution in [3.05, 3.63) is 59.4 Å². The van der Waals surface area contributed by atoms with E-state index in [1.165, 1.54) is 38.5 Å². The van der Waals surface area contributed by atoms with E-state index in [0.717, 1.165) is 49.0 Å². The number of para-hydroxylation sites is 2. The molecule has 0 spiro atoms. The van der Waals surface area contributed by atoms with Crippen molar-refractivity contribution in [2.75, 3.05) is 13.2 Å². The molecule has 2 amide bonds. The summed E-state index contributed by atoms with van der Waals surface area (Å²) in [6.07, 6.45) is 13.3. The van der Waals surface area contributed by atoms with Crippen LogP contribution in [0.3, 0.4) is 0 Å². The molecule has 1 heterocycles. The number of imidazole rings is 1. The van der Waals surface area contributed by atoms with Gasteiger partial charge in [-0.3, -0.25) is 9.59 Å². The fraction of sp³-hybridized carbons (Fsp3) is 0.531. The van der Waals surface area contributed by atoms with E-state index in [4.69, 9.17) is 21.3 Å². The Morgan fingerprint density at radius 2 is 1.57 bits per heavy atom. The lowest BCUT2D eigenvalue weighted by molar-refractivity contribution is -0.138. The summed E-state index contributed by atoms with van der Waals surface area (Å²) in [5.41, 5.74) is 1.91. The average Bonchev–Trinajstić information content (AvgIpc) is 3.33. The van der Waals surface area contributed by atoms with Crippen molar-refractivity contribution < 1.29 is 14.3 Å². The first kappa shape index (κ1) is 28.5. The third-order valence-corrected chi connectivity index (χ3v) is 8.59. The highest BCUT2D eigenvalue weighted by atomic mass is 35.5. The van der Waals surface area contributed by atoms with E-state index in [-0.39, 0.29) is 18.4 Å². The van der Waals surface area contributed by atoms with E-state index in [2.05, 4.69) is 20.9 Å². The summed E-state index contributed by atoms with van der Waals surface area (Å²) in [6, 6.07) is 15.7. The molecule has 2 aliphatic rings. The van der Waals surface area contributed by atoms with Crippen LogP contribution in [0.15, 0.2) is 48.5 Å². The molecule has 0 unspecified atom stereocenters. The molecule has 0 saturated heterocycles. The van der Waals surface area contributed by atoms with E-state index in [9.17, 15) is 9.59 Å². The second-order valence-electron chi connectivity index (χ2n) is 11.2. The molecular weight excluding hydrogens is 524 g/mol. The first-order valence-corrected chi connectivity index (χ1v) is 15.4. The third-order valence-electron chi connectivity index (χ3n) is 8.33. The van der Waals surface area contributed by atoms with Crippen LogP contribution in [0.25, 0.3) is 11.0 Å². The Kier molecular flexibility index (Phi) is 9.98. The number of aromatic nitrogens is 2. The van der Waals surface area contributed by atoms with Crippen LogP contribution in [0, 0.1) is 0 Å². The van der Waals surface area contributed by atoms with Gasteiger partial charge in [0.05, 0.1) is 11.0 Å². The van der Waals surface area contributed by atoms with Gasteiger partial charge in [-0.05, 0) is 68.5 Å². The molecule has 0 atom stereocenters. The van der Waals surface area contributed by atoms with Crippen LogP contribution < -0.4 is 10.1 Å². The van der Waals surface area contributed by atoms with E-state index in [1.54, 1.807) is 24.3 Å². The number of nitrogens with zero attached hydrogens (tertiary/aromatic N) is 3. The molecular formula is C32H41ClN4O3. The van der Waals surface area contributed by atoms with Crippen LogP contribution in [-0.2, 0) is 22.6 Å². The van der Waals surface area contributed by atoms with Crippen molar-refractivity contribution in [2.45, 2.75) is 95.7 Å². The zero-order valence-electron chi connectivity index (χ0n) is 23.3. The molecule has 2 aliphatic carbocycles. The maximum atomic E-state index is 14.0. The number of benzene rings is 2. The zero-order chi connectivity index (χ0) is 27.7. The minimum atomic E-state index is -0.172. The second-order valence-corrected chi connectivity index (χ2v) is 11.6. The molecule has 8 heteroatoms. The van der Waals surface area contributed by atoms with Gasteiger partial charge < -0.3 is 19.5 Å². The number of nitrogens with one attached hydrogen (secondary N) is 1. The number of hydrogen-bond acceptors (Lipinski definition) is 4. The van der Waals surface area contributed by atoms with Crippen molar-refractivity contribution in [1.29, 1.82) is 0 Å². The topological polar surface area (TPSA) is 76.5 Å². The molecule has 214 valence electrons. The first-order chi connectivity index (χ1) is 19.6. The minimum Gasteiger partial charge on any atom is -0.484 e. The number of fused-ring (bicyclic) bond motifs is 1. The number of rotatable bonds is 11. The normalized spacial score (nSPS) is 16.6. The summed E-state index contributed by atoms with van der Waals surface area (Å²) in [7, 11) is 0. The summed E-state index contributed by atoms with van der Waals surface area (Å²) in [5, 5.41) is 3.56. The van der Waals surface area contributed by atoms with Crippen molar-refractivity contribution >= 4 is 34.4 Å². The average molecular weight is 565 g/mol. The van der Waals surface area contributed by atoms with Gasteiger partial charge in [0.1, 0.15) is 18.1 Å². The fourth-order valence-electron chi connectivity index (χ4n) is 6.34. The number of hydrogen-bond donors (Lipinski definition) is 1. The van der Waals surface area contributed by atoms with Gasteiger partial charge in [-0.15, -0.1) is 0 Å². The highest BCUT2D eigenvalue weighted by Crippen LogP contribution is 2.31. The van der Waals surface area contributed by atoms with Crippen LogP contribution in [0.1, 0.15) is 76.5 Å². The number of ether oxygens (including phenoxy) is 1. The van der Waals surface area contributed by atoms with Gasteiger partial charge in [-0.2, -0.15) is 0 Å². The molecule has 3 aromatic rings. The van der Waals surface area contributed by atoms with Gasteiger partial charge in [0.15, 0.2) is 6.61 Å². The number of carbonyl (C=O) groups is 2. The Hall–Kier alpha value is -3.06. The summed E-state index contributed by atoms with van der Waals surface area (Å²) >= 11 is 5.90. The molecule has 7 nitrogen and oxygen atoms in total. The van der Waals surface area contributed by atoms with E-state index in [0.29, 0.717) is 42.4 Å². The van der Waals surface area contributed by atoms with Gasteiger partial charge in [0.25, 0.3) is 5.91 Å². The molecule has 5 rings (SSSR count). The fourth-order valence-corrected chi connectivity index (χ4v) is 6.46. The molecule has 2 aromatic carbocycles. The smallest absolute Gasteiger partial charge is 0.257 e. The van der Waals surface area contributed by atoms with Crippen LogP contribution >= 0.6 is 11.6 Å². The van der Waals surface area contributed by atoms with E-state index < -0.39 is 0 Å². The summed E-state index contributed by atoms with van der Waals surface area (Å²) in [6.45, 7) is 0.785. The Morgan fingerprint density at radius 1 is 0.925 bits per heavy atom. The van der Waals surface area contributed by atoms with Gasteiger partial charge in [0.2, 0.25) is 5.91 Å². The predicted molar refractivity (Wildman–Crippen MR) is 159 cm³/mol. The lowest BCUT2D eigenvalue weighted by Gasteiger charge is -2.42. The molecule has 1 N–H and O–H groups in total. The zero-order valence-corrected chi connectivity index (χ0v) is 24.1. The lowest BCUT2D eigenvalue weighted by Crippen LogP contribution is -2.50. The number of halogens is 1. The van der Waals surface area contributed by atoms with Gasteiger partial charge in [-0.1, -0.05) is 62.3 Å². The van der Waals surface area contributed by atoms with Crippen LogP contribution in [0.4, 0.5) is 0 Å². The maximum absolute atomic E-state index is 14.0. The Bertz CT molecular complexity index is 1240. The molecule has 0 radical (unpaired) electrons. The number of amides is 2.